The van der Waals surface area contributed by atoms with Gasteiger partial charge in [0.05, 0.1) is 23.0 Å². The number of aromatic nitrogens is 2. The van der Waals surface area contributed by atoms with Gasteiger partial charge < -0.3 is 9.80 Å². The summed E-state index contributed by atoms with van der Waals surface area (Å²) in [5, 5.41) is 0.760. The van der Waals surface area contributed by atoms with Crippen molar-refractivity contribution >= 4 is 46.5 Å². The highest BCUT2D eigenvalue weighted by atomic mass is 35.5. The van der Waals surface area contributed by atoms with Crippen molar-refractivity contribution < 1.29 is 14.4 Å². The number of halogens is 2. The van der Waals surface area contributed by atoms with Gasteiger partial charge in [-0.3, -0.25) is 14.4 Å². The molecule has 174 valence electrons. The van der Waals surface area contributed by atoms with E-state index in [0.717, 1.165) is 31.5 Å². The Bertz CT molecular complexity index is 1210. The minimum Gasteiger partial charge on any atom is -0.339 e. The van der Waals surface area contributed by atoms with E-state index in [2.05, 4.69) is 9.97 Å². The largest absolute Gasteiger partial charge is 0.339 e. The SMILES string of the molecule is O=C(CC(=O)N(Cc1ccc(Cl)c(Cl)c1)c1cccc(C(=O)N2CCCC2)c1)c1ncccn1. The minimum atomic E-state index is -0.492. The van der Waals surface area contributed by atoms with E-state index in [9.17, 15) is 14.4 Å². The molecule has 0 saturated carbocycles. The van der Waals surface area contributed by atoms with E-state index in [-0.39, 0.29) is 18.3 Å². The van der Waals surface area contributed by atoms with Crippen LogP contribution in [-0.4, -0.2) is 45.6 Å². The zero-order chi connectivity index (χ0) is 24.1. The van der Waals surface area contributed by atoms with Crippen LogP contribution in [0.15, 0.2) is 60.9 Å². The topological polar surface area (TPSA) is 83.5 Å². The Kier molecular flexibility index (Phi) is 7.55. The molecule has 1 aliphatic heterocycles. The molecule has 2 aromatic carbocycles. The highest BCUT2D eigenvalue weighted by Gasteiger charge is 2.24. The number of ketones is 1. The summed E-state index contributed by atoms with van der Waals surface area (Å²) >= 11 is 12.2. The molecule has 4 rings (SSSR count). The van der Waals surface area contributed by atoms with Gasteiger partial charge in [0, 0.05) is 36.7 Å². The zero-order valence-corrected chi connectivity index (χ0v) is 19.8. The van der Waals surface area contributed by atoms with Crippen molar-refractivity contribution in [1.82, 2.24) is 14.9 Å². The number of likely N-dealkylation sites (tertiary alicyclic amines) is 1. The molecule has 7 nitrogen and oxygen atoms in total. The lowest BCUT2D eigenvalue weighted by molar-refractivity contribution is -0.117. The van der Waals surface area contributed by atoms with Crippen LogP contribution in [0.4, 0.5) is 5.69 Å². The molecule has 0 aliphatic carbocycles. The van der Waals surface area contributed by atoms with Crippen molar-refractivity contribution in [2.75, 3.05) is 18.0 Å². The van der Waals surface area contributed by atoms with Crippen LogP contribution in [0.25, 0.3) is 0 Å². The van der Waals surface area contributed by atoms with Gasteiger partial charge >= 0.3 is 0 Å². The number of nitrogens with zero attached hydrogens (tertiary/aromatic N) is 4. The summed E-state index contributed by atoms with van der Waals surface area (Å²) in [6.45, 7) is 1.58. The summed E-state index contributed by atoms with van der Waals surface area (Å²) in [4.78, 5) is 50.0. The second-order valence-electron chi connectivity index (χ2n) is 7.95. The molecule has 0 unspecified atom stereocenters. The van der Waals surface area contributed by atoms with Gasteiger partial charge in [0.1, 0.15) is 0 Å². The lowest BCUT2D eigenvalue weighted by Gasteiger charge is -2.24. The maximum absolute atomic E-state index is 13.3. The second kappa shape index (κ2) is 10.8. The number of carbonyl (C=O) groups is 3. The van der Waals surface area contributed by atoms with Gasteiger partial charge in [0.15, 0.2) is 5.82 Å². The molecule has 1 aromatic heterocycles. The lowest BCUT2D eigenvalue weighted by Crippen LogP contribution is -2.33. The van der Waals surface area contributed by atoms with Gasteiger partial charge in [-0.25, -0.2) is 9.97 Å². The van der Waals surface area contributed by atoms with Crippen molar-refractivity contribution in [1.29, 1.82) is 0 Å². The third-order valence-corrected chi connectivity index (χ3v) is 6.29. The summed E-state index contributed by atoms with van der Waals surface area (Å²) in [5.74, 6) is -1.04. The first-order valence-corrected chi connectivity index (χ1v) is 11.6. The summed E-state index contributed by atoms with van der Waals surface area (Å²) in [7, 11) is 0. The molecule has 0 N–H and O–H groups in total. The summed E-state index contributed by atoms with van der Waals surface area (Å²) in [6, 6.07) is 13.6. The first kappa shape index (κ1) is 23.9. The molecule has 1 saturated heterocycles. The summed E-state index contributed by atoms with van der Waals surface area (Å²) in [6.07, 6.45) is 4.45. The van der Waals surface area contributed by atoms with E-state index in [1.165, 1.54) is 17.3 Å². The van der Waals surface area contributed by atoms with Crippen LogP contribution in [0.3, 0.4) is 0 Å². The number of Topliss-reactive ketones (excluding diaryl/α,β-unsaturated/α-hetero) is 1. The first-order valence-electron chi connectivity index (χ1n) is 10.9. The number of carbonyl (C=O) groups excluding carboxylic acids is 3. The Morgan fingerprint density at radius 1 is 0.912 bits per heavy atom. The fourth-order valence-corrected chi connectivity index (χ4v) is 4.13. The molecule has 0 spiro atoms. The number of amides is 2. The third-order valence-electron chi connectivity index (χ3n) is 5.55. The maximum Gasteiger partial charge on any atom is 0.253 e. The second-order valence-corrected chi connectivity index (χ2v) is 8.76. The third kappa shape index (κ3) is 5.61. The van der Waals surface area contributed by atoms with Crippen LogP contribution in [0.2, 0.25) is 10.0 Å². The van der Waals surface area contributed by atoms with Crippen LogP contribution >= 0.6 is 23.2 Å². The van der Waals surface area contributed by atoms with Crippen molar-refractivity contribution in [2.45, 2.75) is 25.8 Å². The van der Waals surface area contributed by atoms with Crippen LogP contribution < -0.4 is 4.90 Å². The highest BCUT2D eigenvalue weighted by molar-refractivity contribution is 6.42. The normalized spacial score (nSPS) is 13.1. The standard InChI is InChI=1S/C25H22Cl2N4O3/c26-20-8-7-17(13-21(20)27)16-31(23(33)15-22(32)24-28-9-4-10-29-24)19-6-3-5-18(14-19)25(34)30-11-1-2-12-30/h3-10,13-14H,1-2,11-12,15-16H2. The monoisotopic (exact) mass is 496 g/mol. The maximum atomic E-state index is 13.3. The van der Waals surface area contributed by atoms with Crippen molar-refractivity contribution in [3.05, 3.63) is 87.9 Å². The molecular weight excluding hydrogens is 475 g/mol. The summed E-state index contributed by atoms with van der Waals surface area (Å²) in [5.41, 5.74) is 1.72. The van der Waals surface area contributed by atoms with E-state index in [0.29, 0.717) is 21.3 Å². The number of benzene rings is 2. The molecule has 0 atom stereocenters. The molecule has 2 heterocycles. The number of rotatable bonds is 7. The fraction of sp³-hybridized carbons (Fsp3) is 0.240. The Morgan fingerprint density at radius 3 is 2.35 bits per heavy atom. The average molecular weight is 497 g/mol. The molecule has 1 aliphatic rings. The van der Waals surface area contributed by atoms with Gasteiger partial charge in [-0.15, -0.1) is 0 Å². The predicted octanol–water partition coefficient (Wildman–Crippen LogP) is 4.83. The smallest absolute Gasteiger partial charge is 0.253 e. The van der Waals surface area contributed by atoms with Gasteiger partial charge in [0.2, 0.25) is 11.7 Å². The van der Waals surface area contributed by atoms with Gasteiger partial charge in [-0.1, -0.05) is 35.3 Å². The Balaban J connectivity index is 1.63. The van der Waals surface area contributed by atoms with Crippen LogP contribution in [0.5, 0.6) is 0 Å². The number of hydrogen-bond donors (Lipinski definition) is 0. The Labute approximate surface area is 207 Å². The average Bonchev–Trinajstić information content (AvgIpc) is 3.40. The van der Waals surface area contributed by atoms with Crippen molar-refractivity contribution in [3.8, 4) is 0 Å². The highest BCUT2D eigenvalue weighted by Crippen LogP contribution is 2.26. The van der Waals surface area contributed by atoms with Crippen molar-refractivity contribution in [2.24, 2.45) is 0 Å². The minimum absolute atomic E-state index is 0.0247. The van der Waals surface area contributed by atoms with Crippen LogP contribution in [-0.2, 0) is 11.3 Å². The Hall–Kier alpha value is -3.29. The summed E-state index contributed by atoms with van der Waals surface area (Å²) < 4.78 is 0. The molecule has 0 bridgehead atoms. The van der Waals surface area contributed by atoms with Gasteiger partial charge in [-0.2, -0.15) is 0 Å². The van der Waals surface area contributed by atoms with Crippen molar-refractivity contribution in [3.63, 3.8) is 0 Å². The van der Waals surface area contributed by atoms with E-state index in [1.54, 1.807) is 53.4 Å². The van der Waals surface area contributed by atoms with Crippen LogP contribution in [0, 0.1) is 0 Å². The number of anilines is 1. The van der Waals surface area contributed by atoms with E-state index < -0.39 is 18.1 Å². The van der Waals surface area contributed by atoms with Gasteiger partial charge in [-0.05, 0) is 54.8 Å². The molecule has 1 fully saturated rings. The van der Waals surface area contributed by atoms with E-state index in [4.69, 9.17) is 23.2 Å². The molecule has 34 heavy (non-hydrogen) atoms. The van der Waals surface area contributed by atoms with E-state index >= 15 is 0 Å². The van der Waals surface area contributed by atoms with E-state index in [1.807, 2.05) is 0 Å². The molecular formula is C25H22Cl2N4O3. The molecule has 3 aromatic rings. The number of hydrogen-bond acceptors (Lipinski definition) is 5. The molecule has 0 radical (unpaired) electrons. The molecule has 2 amide bonds. The van der Waals surface area contributed by atoms with Crippen LogP contribution in [0.1, 0.15) is 45.8 Å². The molecule has 9 heteroatoms. The quantitative estimate of drug-likeness (QED) is 0.345. The predicted molar refractivity (Wildman–Crippen MR) is 130 cm³/mol. The Morgan fingerprint density at radius 2 is 1.65 bits per heavy atom. The lowest BCUT2D eigenvalue weighted by atomic mass is 10.1. The van der Waals surface area contributed by atoms with Gasteiger partial charge in [0.25, 0.3) is 5.91 Å². The first-order chi connectivity index (χ1) is 16.4. The fourth-order valence-electron chi connectivity index (χ4n) is 3.81. The zero-order valence-electron chi connectivity index (χ0n) is 18.3.